The van der Waals surface area contributed by atoms with Gasteiger partial charge in [-0.3, -0.25) is 0 Å². The van der Waals surface area contributed by atoms with Gasteiger partial charge in [0.05, 0.1) is 18.5 Å². The molecule has 13 heavy (non-hydrogen) atoms. The van der Waals surface area contributed by atoms with E-state index in [0.29, 0.717) is 13.0 Å². The standard InChI is InChI=1S/C10H16O3/c1-3-12-8(2)10(11)7-9-5-4-6-13-9/h4-6,8,10-11H,3,7H2,1-2H3. The van der Waals surface area contributed by atoms with Crippen LogP contribution in [0.2, 0.25) is 0 Å². The van der Waals surface area contributed by atoms with Gasteiger partial charge in [-0.2, -0.15) is 0 Å². The Labute approximate surface area is 78.3 Å². The Morgan fingerprint density at radius 2 is 2.38 bits per heavy atom. The highest BCUT2D eigenvalue weighted by Gasteiger charge is 2.15. The molecule has 1 aromatic heterocycles. The highest BCUT2D eigenvalue weighted by atomic mass is 16.5. The molecule has 0 fully saturated rings. The highest BCUT2D eigenvalue weighted by molar-refractivity contribution is 5.00. The summed E-state index contributed by atoms with van der Waals surface area (Å²) < 4.78 is 10.4. The van der Waals surface area contributed by atoms with Crippen molar-refractivity contribution in [2.24, 2.45) is 0 Å². The fourth-order valence-electron chi connectivity index (χ4n) is 1.17. The van der Waals surface area contributed by atoms with Crippen LogP contribution in [0.1, 0.15) is 19.6 Å². The second-order valence-electron chi connectivity index (χ2n) is 3.01. The minimum atomic E-state index is -0.494. The second-order valence-corrected chi connectivity index (χ2v) is 3.01. The van der Waals surface area contributed by atoms with E-state index in [9.17, 15) is 5.11 Å². The minimum absolute atomic E-state index is 0.143. The molecule has 2 unspecified atom stereocenters. The number of hydrogen-bond donors (Lipinski definition) is 1. The Morgan fingerprint density at radius 3 is 2.92 bits per heavy atom. The van der Waals surface area contributed by atoms with E-state index in [4.69, 9.17) is 9.15 Å². The fraction of sp³-hybridized carbons (Fsp3) is 0.600. The molecule has 0 saturated heterocycles. The van der Waals surface area contributed by atoms with E-state index >= 15 is 0 Å². The third-order valence-electron chi connectivity index (χ3n) is 1.96. The normalized spacial score (nSPS) is 15.6. The molecule has 74 valence electrons. The van der Waals surface area contributed by atoms with Crippen LogP contribution in [0.3, 0.4) is 0 Å². The zero-order valence-corrected chi connectivity index (χ0v) is 8.06. The quantitative estimate of drug-likeness (QED) is 0.756. The van der Waals surface area contributed by atoms with E-state index in [-0.39, 0.29) is 6.10 Å². The lowest BCUT2D eigenvalue weighted by atomic mass is 10.1. The molecule has 0 aromatic carbocycles. The van der Waals surface area contributed by atoms with Crippen LogP contribution in [0.4, 0.5) is 0 Å². The van der Waals surface area contributed by atoms with Crippen molar-refractivity contribution in [1.82, 2.24) is 0 Å². The Hall–Kier alpha value is -0.800. The van der Waals surface area contributed by atoms with Crippen molar-refractivity contribution in [3.63, 3.8) is 0 Å². The molecular formula is C10H16O3. The maximum absolute atomic E-state index is 9.64. The number of hydrogen-bond acceptors (Lipinski definition) is 3. The minimum Gasteiger partial charge on any atom is -0.469 e. The molecule has 0 saturated carbocycles. The third-order valence-corrected chi connectivity index (χ3v) is 1.96. The van der Waals surface area contributed by atoms with E-state index in [1.165, 1.54) is 0 Å². The second kappa shape index (κ2) is 5.04. The van der Waals surface area contributed by atoms with Crippen molar-refractivity contribution in [2.75, 3.05) is 6.61 Å². The molecule has 0 aliphatic carbocycles. The van der Waals surface area contributed by atoms with Crippen LogP contribution in [-0.2, 0) is 11.2 Å². The van der Waals surface area contributed by atoms with Crippen LogP contribution in [0.15, 0.2) is 22.8 Å². The molecule has 3 heteroatoms. The van der Waals surface area contributed by atoms with Crippen molar-refractivity contribution in [1.29, 1.82) is 0 Å². The summed E-state index contributed by atoms with van der Waals surface area (Å²) in [4.78, 5) is 0. The van der Waals surface area contributed by atoms with Gasteiger partial charge in [-0.15, -0.1) is 0 Å². The summed E-state index contributed by atoms with van der Waals surface area (Å²) in [6.07, 6.45) is 1.47. The van der Waals surface area contributed by atoms with Crippen molar-refractivity contribution in [3.05, 3.63) is 24.2 Å². The SMILES string of the molecule is CCOC(C)C(O)Cc1ccco1. The Morgan fingerprint density at radius 1 is 1.62 bits per heavy atom. The first-order valence-electron chi connectivity index (χ1n) is 4.56. The summed E-state index contributed by atoms with van der Waals surface area (Å²) >= 11 is 0. The number of aliphatic hydroxyl groups is 1. The molecule has 1 N–H and O–H groups in total. The van der Waals surface area contributed by atoms with Gasteiger partial charge in [-0.05, 0) is 26.0 Å². The van der Waals surface area contributed by atoms with E-state index in [1.54, 1.807) is 6.26 Å². The molecule has 3 nitrogen and oxygen atoms in total. The van der Waals surface area contributed by atoms with Crippen molar-refractivity contribution in [3.8, 4) is 0 Å². The summed E-state index contributed by atoms with van der Waals surface area (Å²) in [5.41, 5.74) is 0. The summed E-state index contributed by atoms with van der Waals surface area (Å²) in [6.45, 7) is 4.39. The summed E-state index contributed by atoms with van der Waals surface area (Å²) in [5.74, 6) is 0.791. The maximum Gasteiger partial charge on any atom is 0.106 e. The lowest BCUT2D eigenvalue weighted by Gasteiger charge is -2.17. The van der Waals surface area contributed by atoms with Crippen LogP contribution in [0.5, 0.6) is 0 Å². The molecule has 1 rings (SSSR count). The van der Waals surface area contributed by atoms with Crippen molar-refractivity contribution < 1.29 is 14.3 Å². The smallest absolute Gasteiger partial charge is 0.106 e. The highest BCUT2D eigenvalue weighted by Crippen LogP contribution is 2.08. The Balaban J connectivity index is 2.36. The molecule has 2 atom stereocenters. The molecular weight excluding hydrogens is 168 g/mol. The lowest BCUT2D eigenvalue weighted by Crippen LogP contribution is -2.27. The van der Waals surface area contributed by atoms with Gasteiger partial charge in [0, 0.05) is 13.0 Å². The molecule has 0 amide bonds. The van der Waals surface area contributed by atoms with Crippen molar-refractivity contribution in [2.45, 2.75) is 32.5 Å². The van der Waals surface area contributed by atoms with Crippen LogP contribution in [0.25, 0.3) is 0 Å². The van der Waals surface area contributed by atoms with Gasteiger partial charge in [0.25, 0.3) is 0 Å². The first kappa shape index (κ1) is 10.3. The van der Waals surface area contributed by atoms with Crippen LogP contribution < -0.4 is 0 Å². The lowest BCUT2D eigenvalue weighted by molar-refractivity contribution is -0.0226. The number of furan rings is 1. The third kappa shape index (κ3) is 3.20. The van der Waals surface area contributed by atoms with E-state index in [2.05, 4.69) is 0 Å². The summed E-state index contributed by atoms with van der Waals surface area (Å²) in [7, 11) is 0. The first-order valence-corrected chi connectivity index (χ1v) is 4.56. The number of ether oxygens (including phenoxy) is 1. The molecule has 1 heterocycles. The van der Waals surface area contributed by atoms with Gasteiger partial charge in [0.2, 0.25) is 0 Å². The van der Waals surface area contributed by atoms with Gasteiger partial charge in [0.15, 0.2) is 0 Å². The molecule has 0 spiro atoms. The maximum atomic E-state index is 9.64. The average Bonchev–Trinajstić information content (AvgIpc) is 2.57. The van der Waals surface area contributed by atoms with Crippen LogP contribution in [-0.4, -0.2) is 23.9 Å². The van der Waals surface area contributed by atoms with Crippen LogP contribution >= 0.6 is 0 Å². The fourth-order valence-corrected chi connectivity index (χ4v) is 1.17. The first-order chi connectivity index (χ1) is 6.24. The van der Waals surface area contributed by atoms with E-state index in [1.807, 2.05) is 26.0 Å². The van der Waals surface area contributed by atoms with E-state index < -0.39 is 6.10 Å². The topological polar surface area (TPSA) is 42.6 Å². The van der Waals surface area contributed by atoms with E-state index in [0.717, 1.165) is 5.76 Å². The van der Waals surface area contributed by atoms with Gasteiger partial charge in [0.1, 0.15) is 5.76 Å². The molecule has 1 aromatic rings. The van der Waals surface area contributed by atoms with Gasteiger partial charge in [-0.1, -0.05) is 0 Å². The molecule has 0 radical (unpaired) electrons. The Bertz CT molecular complexity index is 218. The van der Waals surface area contributed by atoms with Crippen LogP contribution in [0, 0.1) is 0 Å². The monoisotopic (exact) mass is 184 g/mol. The zero-order valence-electron chi connectivity index (χ0n) is 8.06. The largest absolute Gasteiger partial charge is 0.469 e. The molecule has 0 aliphatic heterocycles. The Kier molecular flexibility index (Phi) is 3.99. The predicted molar refractivity (Wildman–Crippen MR) is 49.5 cm³/mol. The summed E-state index contributed by atoms with van der Waals surface area (Å²) in [5, 5.41) is 9.64. The number of aliphatic hydroxyl groups excluding tert-OH is 1. The predicted octanol–water partition coefficient (Wildman–Crippen LogP) is 1.61. The molecule has 0 aliphatic rings. The summed E-state index contributed by atoms with van der Waals surface area (Å²) in [6, 6.07) is 3.66. The van der Waals surface area contributed by atoms with Gasteiger partial charge in [-0.25, -0.2) is 0 Å². The molecule has 0 bridgehead atoms. The van der Waals surface area contributed by atoms with Gasteiger partial charge >= 0.3 is 0 Å². The van der Waals surface area contributed by atoms with Gasteiger partial charge < -0.3 is 14.3 Å². The van der Waals surface area contributed by atoms with Crippen molar-refractivity contribution >= 4 is 0 Å². The number of rotatable bonds is 5. The average molecular weight is 184 g/mol. The zero-order chi connectivity index (χ0) is 9.68.